The second kappa shape index (κ2) is 4.04. The van der Waals surface area contributed by atoms with Crippen LogP contribution in [0.2, 0.25) is 0 Å². The summed E-state index contributed by atoms with van der Waals surface area (Å²) in [7, 11) is 0. The fraction of sp³-hybridized carbons (Fsp3) is 0.533. The maximum atomic E-state index is 13.9. The van der Waals surface area contributed by atoms with Gasteiger partial charge in [-0.05, 0) is 44.0 Å². The lowest BCUT2D eigenvalue weighted by Gasteiger charge is -2.32. The van der Waals surface area contributed by atoms with Gasteiger partial charge < -0.3 is 9.88 Å². The van der Waals surface area contributed by atoms with E-state index < -0.39 is 0 Å². The lowest BCUT2D eigenvalue weighted by Crippen LogP contribution is -2.45. The summed E-state index contributed by atoms with van der Waals surface area (Å²) in [6.07, 6.45) is 2.40. The molecule has 0 bridgehead atoms. The summed E-state index contributed by atoms with van der Waals surface area (Å²) in [6, 6.07) is 5.83. The summed E-state index contributed by atoms with van der Waals surface area (Å²) in [6.45, 7) is 4.33. The van der Waals surface area contributed by atoms with Gasteiger partial charge in [0.1, 0.15) is 11.3 Å². The molecule has 2 aromatic rings. The van der Waals surface area contributed by atoms with Crippen molar-refractivity contribution in [2.24, 2.45) is 5.92 Å². The minimum absolute atomic E-state index is 0.197. The molecular formula is C15H18FN3. The van der Waals surface area contributed by atoms with E-state index in [0.29, 0.717) is 23.4 Å². The van der Waals surface area contributed by atoms with Crippen LogP contribution in [0.15, 0.2) is 18.2 Å². The SMILES string of the molecule is CC(c1nc2c(F)cccc2n1C1CC1)C1CNC1. The standard InChI is InChI=1S/C15H18FN3/c1-9(10-7-17-8-10)15-18-14-12(16)3-2-4-13(14)19(15)11-5-6-11/h2-4,9-11,17H,5-8H2,1H3. The first kappa shape index (κ1) is 11.4. The van der Waals surface area contributed by atoms with Crippen LogP contribution in [0, 0.1) is 11.7 Å². The van der Waals surface area contributed by atoms with Gasteiger partial charge in [0.05, 0.1) is 5.52 Å². The number of hydrogen-bond donors (Lipinski definition) is 1. The molecule has 4 heteroatoms. The Bertz CT molecular complexity index is 626. The molecule has 2 aliphatic rings. The zero-order chi connectivity index (χ0) is 13.0. The highest BCUT2D eigenvalue weighted by molar-refractivity contribution is 5.77. The van der Waals surface area contributed by atoms with Crippen LogP contribution in [0.1, 0.15) is 37.5 Å². The maximum absolute atomic E-state index is 13.9. The summed E-state index contributed by atoms with van der Waals surface area (Å²) in [5.74, 6) is 1.91. The van der Waals surface area contributed by atoms with Gasteiger partial charge in [-0.25, -0.2) is 9.37 Å². The van der Waals surface area contributed by atoms with E-state index in [-0.39, 0.29) is 5.82 Å². The molecule has 1 aromatic carbocycles. The number of para-hydroxylation sites is 1. The van der Waals surface area contributed by atoms with Crippen molar-refractivity contribution in [3.8, 4) is 0 Å². The molecule has 1 aliphatic heterocycles. The Morgan fingerprint density at radius 1 is 1.37 bits per heavy atom. The van der Waals surface area contributed by atoms with Crippen molar-refractivity contribution in [1.29, 1.82) is 0 Å². The number of rotatable bonds is 3. The molecule has 1 atom stereocenters. The van der Waals surface area contributed by atoms with Gasteiger partial charge in [0.2, 0.25) is 0 Å². The zero-order valence-electron chi connectivity index (χ0n) is 11.1. The van der Waals surface area contributed by atoms with Crippen molar-refractivity contribution in [3.63, 3.8) is 0 Å². The van der Waals surface area contributed by atoms with E-state index in [1.54, 1.807) is 6.07 Å². The van der Waals surface area contributed by atoms with Crippen molar-refractivity contribution in [3.05, 3.63) is 29.8 Å². The molecule has 1 saturated carbocycles. The normalized spacial score (nSPS) is 21.6. The molecule has 4 rings (SSSR count). The molecule has 1 N–H and O–H groups in total. The zero-order valence-corrected chi connectivity index (χ0v) is 11.1. The van der Waals surface area contributed by atoms with Gasteiger partial charge in [0.15, 0.2) is 5.82 Å². The van der Waals surface area contributed by atoms with Crippen LogP contribution in [0.5, 0.6) is 0 Å². The van der Waals surface area contributed by atoms with Gasteiger partial charge in [-0.2, -0.15) is 0 Å². The van der Waals surface area contributed by atoms with Crippen molar-refractivity contribution < 1.29 is 4.39 Å². The van der Waals surface area contributed by atoms with Crippen LogP contribution in [0.4, 0.5) is 4.39 Å². The predicted molar refractivity (Wildman–Crippen MR) is 72.7 cm³/mol. The van der Waals surface area contributed by atoms with E-state index in [9.17, 15) is 4.39 Å². The largest absolute Gasteiger partial charge is 0.325 e. The van der Waals surface area contributed by atoms with Gasteiger partial charge in [-0.1, -0.05) is 13.0 Å². The average molecular weight is 259 g/mol. The van der Waals surface area contributed by atoms with E-state index in [1.807, 2.05) is 6.07 Å². The number of benzene rings is 1. The first-order chi connectivity index (χ1) is 9.25. The van der Waals surface area contributed by atoms with Gasteiger partial charge in [0, 0.05) is 12.0 Å². The van der Waals surface area contributed by atoms with Crippen molar-refractivity contribution >= 4 is 11.0 Å². The second-order valence-corrected chi connectivity index (χ2v) is 5.89. The van der Waals surface area contributed by atoms with Crippen LogP contribution < -0.4 is 5.32 Å². The Morgan fingerprint density at radius 3 is 2.79 bits per heavy atom. The van der Waals surface area contributed by atoms with Crippen LogP contribution in [-0.2, 0) is 0 Å². The molecule has 2 heterocycles. The predicted octanol–water partition coefficient (Wildman–Crippen LogP) is 2.83. The molecule has 3 nitrogen and oxygen atoms in total. The summed E-state index contributed by atoms with van der Waals surface area (Å²) < 4.78 is 16.2. The summed E-state index contributed by atoms with van der Waals surface area (Å²) in [5.41, 5.74) is 1.51. The fourth-order valence-electron chi connectivity index (χ4n) is 3.01. The molecule has 0 spiro atoms. The average Bonchev–Trinajstić information content (AvgIpc) is 3.08. The number of hydrogen-bond acceptors (Lipinski definition) is 2. The lowest BCUT2D eigenvalue weighted by atomic mass is 9.88. The Hall–Kier alpha value is -1.42. The molecule has 100 valence electrons. The molecule has 0 amide bonds. The molecule has 1 aromatic heterocycles. The monoisotopic (exact) mass is 259 g/mol. The fourth-order valence-corrected chi connectivity index (χ4v) is 3.01. The van der Waals surface area contributed by atoms with Crippen LogP contribution >= 0.6 is 0 Å². The highest BCUT2D eigenvalue weighted by Gasteiger charge is 2.34. The molecule has 2 fully saturated rings. The van der Waals surface area contributed by atoms with Crippen molar-refractivity contribution in [2.75, 3.05) is 13.1 Å². The molecular weight excluding hydrogens is 241 g/mol. The number of fused-ring (bicyclic) bond motifs is 1. The number of nitrogens with one attached hydrogen (secondary N) is 1. The molecule has 1 unspecified atom stereocenters. The first-order valence-corrected chi connectivity index (χ1v) is 7.13. The topological polar surface area (TPSA) is 29.9 Å². The third-order valence-corrected chi connectivity index (χ3v) is 4.54. The molecule has 19 heavy (non-hydrogen) atoms. The van der Waals surface area contributed by atoms with Gasteiger partial charge in [-0.15, -0.1) is 0 Å². The Morgan fingerprint density at radius 2 is 2.16 bits per heavy atom. The summed E-state index contributed by atoms with van der Waals surface area (Å²) in [5, 5.41) is 3.31. The highest BCUT2D eigenvalue weighted by Crippen LogP contribution is 2.41. The minimum Gasteiger partial charge on any atom is -0.325 e. The smallest absolute Gasteiger partial charge is 0.151 e. The molecule has 1 saturated heterocycles. The quantitative estimate of drug-likeness (QED) is 0.918. The highest BCUT2D eigenvalue weighted by atomic mass is 19.1. The Labute approximate surface area is 111 Å². The Kier molecular flexibility index (Phi) is 2.42. The maximum Gasteiger partial charge on any atom is 0.151 e. The summed E-state index contributed by atoms with van der Waals surface area (Å²) in [4.78, 5) is 4.64. The van der Waals surface area contributed by atoms with E-state index in [4.69, 9.17) is 0 Å². The van der Waals surface area contributed by atoms with Gasteiger partial charge in [0.25, 0.3) is 0 Å². The van der Waals surface area contributed by atoms with Crippen LogP contribution in [0.3, 0.4) is 0 Å². The third kappa shape index (κ3) is 1.70. The van der Waals surface area contributed by atoms with E-state index in [1.165, 1.54) is 18.9 Å². The molecule has 1 aliphatic carbocycles. The van der Waals surface area contributed by atoms with E-state index in [0.717, 1.165) is 24.4 Å². The number of aromatic nitrogens is 2. The lowest BCUT2D eigenvalue weighted by molar-refractivity contribution is 0.291. The van der Waals surface area contributed by atoms with Crippen LogP contribution in [0.25, 0.3) is 11.0 Å². The summed E-state index contributed by atoms with van der Waals surface area (Å²) >= 11 is 0. The third-order valence-electron chi connectivity index (χ3n) is 4.54. The number of halogens is 1. The van der Waals surface area contributed by atoms with E-state index in [2.05, 4.69) is 21.8 Å². The van der Waals surface area contributed by atoms with Crippen molar-refractivity contribution in [1.82, 2.24) is 14.9 Å². The van der Waals surface area contributed by atoms with Crippen LogP contribution in [-0.4, -0.2) is 22.6 Å². The second-order valence-electron chi connectivity index (χ2n) is 5.89. The van der Waals surface area contributed by atoms with Gasteiger partial charge >= 0.3 is 0 Å². The first-order valence-electron chi connectivity index (χ1n) is 7.13. The van der Waals surface area contributed by atoms with E-state index >= 15 is 0 Å². The van der Waals surface area contributed by atoms with Crippen molar-refractivity contribution in [2.45, 2.75) is 31.7 Å². The Balaban J connectivity index is 1.88. The number of nitrogens with zero attached hydrogens (tertiary/aromatic N) is 2. The van der Waals surface area contributed by atoms with Gasteiger partial charge in [-0.3, -0.25) is 0 Å². The number of imidazole rings is 1. The molecule has 0 radical (unpaired) electrons. The minimum atomic E-state index is -0.197.